The van der Waals surface area contributed by atoms with Gasteiger partial charge in [-0.25, -0.2) is 12.8 Å². The van der Waals surface area contributed by atoms with Gasteiger partial charge in [0.15, 0.2) is 23.1 Å². The molecule has 7 nitrogen and oxygen atoms in total. The highest BCUT2D eigenvalue weighted by Crippen LogP contribution is 2.47. The molecule has 1 saturated heterocycles. The summed E-state index contributed by atoms with van der Waals surface area (Å²) in [4.78, 5) is -0.136. The zero-order chi connectivity index (χ0) is 21.2. The van der Waals surface area contributed by atoms with Gasteiger partial charge in [-0.2, -0.15) is 4.31 Å². The van der Waals surface area contributed by atoms with Crippen LogP contribution in [0.3, 0.4) is 0 Å². The summed E-state index contributed by atoms with van der Waals surface area (Å²) in [5, 5.41) is -0.556. The average Bonchev–Trinajstić information content (AvgIpc) is 3.23. The Morgan fingerprint density at radius 2 is 1.55 bits per heavy atom. The van der Waals surface area contributed by atoms with E-state index in [1.807, 2.05) is 0 Å². The van der Waals surface area contributed by atoms with Crippen LogP contribution in [0.1, 0.15) is 10.9 Å². The van der Waals surface area contributed by atoms with Crippen LogP contribution in [0.2, 0.25) is 0 Å². The van der Waals surface area contributed by atoms with Gasteiger partial charge >= 0.3 is 0 Å². The fourth-order valence-corrected chi connectivity index (χ4v) is 6.39. The summed E-state index contributed by atoms with van der Waals surface area (Å²) in [6, 6.07) is 6.98. The largest absolute Gasteiger partial charge is 0.496 e. The van der Waals surface area contributed by atoms with Gasteiger partial charge in [0.2, 0.25) is 10.0 Å². The number of hydrogen-bond acceptors (Lipinski definition) is 7. The maximum atomic E-state index is 14.1. The first kappa shape index (κ1) is 21.5. The van der Waals surface area contributed by atoms with Gasteiger partial charge in [-0.15, -0.1) is 11.8 Å². The predicted molar refractivity (Wildman–Crippen MR) is 108 cm³/mol. The Kier molecular flexibility index (Phi) is 6.45. The first-order valence-corrected chi connectivity index (χ1v) is 11.1. The number of hydrogen-bond donors (Lipinski definition) is 0. The highest BCUT2D eigenvalue weighted by atomic mass is 32.2. The molecule has 0 N–H and O–H groups in total. The molecule has 1 heterocycles. The van der Waals surface area contributed by atoms with Crippen molar-refractivity contribution in [1.82, 2.24) is 4.31 Å². The third-order valence-electron chi connectivity index (χ3n) is 4.58. The molecule has 0 aromatic heterocycles. The second kappa shape index (κ2) is 8.68. The first-order valence-electron chi connectivity index (χ1n) is 8.64. The highest BCUT2D eigenvalue weighted by Gasteiger charge is 2.39. The summed E-state index contributed by atoms with van der Waals surface area (Å²) >= 11 is 1.45. The summed E-state index contributed by atoms with van der Waals surface area (Å²) < 4.78 is 63.0. The molecule has 1 aliphatic heterocycles. The van der Waals surface area contributed by atoms with Crippen LogP contribution in [-0.4, -0.2) is 53.5 Å². The van der Waals surface area contributed by atoms with E-state index >= 15 is 0 Å². The van der Waals surface area contributed by atoms with E-state index in [4.69, 9.17) is 18.9 Å². The second-order valence-electron chi connectivity index (χ2n) is 6.08. The topological polar surface area (TPSA) is 74.3 Å². The molecule has 158 valence electrons. The number of nitrogens with zero attached hydrogens (tertiary/aromatic N) is 1. The summed E-state index contributed by atoms with van der Waals surface area (Å²) in [6.45, 7) is 0.281. The molecule has 0 aliphatic carbocycles. The predicted octanol–water partition coefficient (Wildman–Crippen LogP) is 3.30. The molecular formula is C19H22FNO6S2. The third-order valence-corrected chi connectivity index (χ3v) is 7.82. The minimum Gasteiger partial charge on any atom is -0.496 e. The third kappa shape index (κ3) is 3.96. The summed E-state index contributed by atoms with van der Waals surface area (Å²) in [7, 11) is 1.88. The van der Waals surface area contributed by atoms with Crippen LogP contribution in [0.15, 0.2) is 35.2 Å². The Balaban J connectivity index is 2.05. The van der Waals surface area contributed by atoms with Crippen LogP contribution in [0, 0.1) is 5.82 Å². The smallest absolute Gasteiger partial charge is 0.244 e. The number of rotatable bonds is 7. The van der Waals surface area contributed by atoms with Gasteiger partial charge in [0, 0.05) is 23.9 Å². The standard InChI is InChI=1S/C19H22FNO6S2/c1-24-15-6-5-12(9-14(15)20)29(22,23)21-7-8-28-19(21)13-10-17(26-3)18(27-4)11-16(13)25-2/h5-6,9-11,19H,7-8H2,1-4H3. The van der Waals surface area contributed by atoms with Gasteiger partial charge in [0.1, 0.15) is 5.75 Å². The lowest BCUT2D eigenvalue weighted by atomic mass is 10.1. The fraction of sp³-hybridized carbons (Fsp3) is 0.368. The Bertz CT molecular complexity index is 998. The molecule has 10 heteroatoms. The number of ether oxygens (including phenoxy) is 4. The zero-order valence-corrected chi connectivity index (χ0v) is 18.1. The first-order chi connectivity index (χ1) is 13.9. The van der Waals surface area contributed by atoms with Crippen molar-refractivity contribution < 1.29 is 31.8 Å². The number of sulfonamides is 1. The van der Waals surface area contributed by atoms with E-state index < -0.39 is 21.2 Å². The van der Waals surface area contributed by atoms with Gasteiger partial charge in [-0.05, 0) is 24.3 Å². The van der Waals surface area contributed by atoms with Crippen molar-refractivity contribution in [3.8, 4) is 23.0 Å². The van der Waals surface area contributed by atoms with E-state index in [2.05, 4.69) is 0 Å². The van der Waals surface area contributed by atoms with Gasteiger partial charge < -0.3 is 18.9 Å². The number of thioether (sulfide) groups is 1. The molecule has 1 unspecified atom stereocenters. The van der Waals surface area contributed by atoms with Crippen molar-refractivity contribution >= 4 is 21.8 Å². The minimum absolute atomic E-state index is 0.0159. The molecule has 0 radical (unpaired) electrons. The number of methoxy groups -OCH3 is 4. The molecule has 2 aromatic rings. The number of benzene rings is 2. The maximum absolute atomic E-state index is 14.1. The monoisotopic (exact) mass is 443 g/mol. The minimum atomic E-state index is -3.95. The molecule has 1 fully saturated rings. The van der Waals surface area contributed by atoms with Crippen molar-refractivity contribution in [3.05, 3.63) is 41.7 Å². The van der Waals surface area contributed by atoms with E-state index in [0.717, 1.165) is 6.07 Å². The maximum Gasteiger partial charge on any atom is 0.244 e. The normalized spacial score (nSPS) is 17.2. The van der Waals surface area contributed by atoms with Crippen LogP contribution in [-0.2, 0) is 10.0 Å². The molecule has 0 amide bonds. The zero-order valence-electron chi connectivity index (χ0n) is 16.5. The van der Waals surface area contributed by atoms with Crippen LogP contribution in [0.5, 0.6) is 23.0 Å². The average molecular weight is 444 g/mol. The van der Waals surface area contributed by atoms with E-state index in [-0.39, 0.29) is 17.2 Å². The van der Waals surface area contributed by atoms with E-state index in [1.165, 1.54) is 56.6 Å². The molecule has 29 heavy (non-hydrogen) atoms. The second-order valence-corrected chi connectivity index (χ2v) is 9.16. The quantitative estimate of drug-likeness (QED) is 0.650. The molecule has 1 atom stereocenters. The van der Waals surface area contributed by atoms with Crippen LogP contribution in [0.4, 0.5) is 4.39 Å². The van der Waals surface area contributed by atoms with Crippen molar-refractivity contribution in [3.63, 3.8) is 0 Å². The molecule has 3 rings (SSSR count). The van der Waals surface area contributed by atoms with Crippen molar-refractivity contribution in [1.29, 1.82) is 0 Å². The van der Waals surface area contributed by atoms with Crippen LogP contribution < -0.4 is 18.9 Å². The molecule has 0 saturated carbocycles. The van der Waals surface area contributed by atoms with E-state index in [1.54, 1.807) is 12.1 Å². The Morgan fingerprint density at radius 3 is 2.14 bits per heavy atom. The van der Waals surface area contributed by atoms with Gasteiger partial charge in [-0.3, -0.25) is 0 Å². The highest BCUT2D eigenvalue weighted by molar-refractivity contribution is 8.01. The molecule has 0 spiro atoms. The van der Waals surface area contributed by atoms with Crippen molar-refractivity contribution in [2.45, 2.75) is 10.3 Å². The molecule has 2 aromatic carbocycles. The molecule has 1 aliphatic rings. The summed E-state index contributed by atoms with van der Waals surface area (Å²) in [6.07, 6.45) is 0. The van der Waals surface area contributed by atoms with Gasteiger partial charge in [0.05, 0.1) is 38.7 Å². The van der Waals surface area contributed by atoms with Crippen LogP contribution in [0.25, 0.3) is 0 Å². The lowest BCUT2D eigenvalue weighted by Gasteiger charge is -2.25. The van der Waals surface area contributed by atoms with Crippen molar-refractivity contribution in [2.75, 3.05) is 40.7 Å². The molecule has 0 bridgehead atoms. The van der Waals surface area contributed by atoms with Crippen LogP contribution >= 0.6 is 11.8 Å². The SMILES string of the molecule is COc1ccc(S(=O)(=O)N2CCSC2c2cc(OC)c(OC)cc2OC)cc1F. The van der Waals surface area contributed by atoms with E-state index in [0.29, 0.717) is 28.6 Å². The summed E-state index contributed by atoms with van der Waals surface area (Å²) in [5.74, 6) is 1.24. The lowest BCUT2D eigenvalue weighted by molar-refractivity contribution is 0.344. The van der Waals surface area contributed by atoms with Gasteiger partial charge in [0.25, 0.3) is 0 Å². The Morgan fingerprint density at radius 1 is 0.931 bits per heavy atom. The lowest BCUT2D eigenvalue weighted by Crippen LogP contribution is -2.30. The molecular weight excluding hydrogens is 421 g/mol. The van der Waals surface area contributed by atoms with E-state index in [9.17, 15) is 12.8 Å². The fourth-order valence-electron chi connectivity index (χ4n) is 3.13. The van der Waals surface area contributed by atoms with Gasteiger partial charge in [-0.1, -0.05) is 0 Å². The Labute approximate surface area is 173 Å². The Hall–Kier alpha value is -2.17. The van der Waals surface area contributed by atoms with Crippen molar-refractivity contribution in [2.24, 2.45) is 0 Å². The summed E-state index contributed by atoms with van der Waals surface area (Å²) in [5.41, 5.74) is 0.630. The number of halogens is 1.